The molecule has 4 nitrogen and oxygen atoms in total. The van der Waals surface area contributed by atoms with Crippen LogP contribution in [0, 0.1) is 0 Å². The van der Waals surface area contributed by atoms with Crippen LogP contribution in [0.2, 0.25) is 0 Å². The van der Waals surface area contributed by atoms with Crippen LogP contribution in [0.25, 0.3) is 10.6 Å². The van der Waals surface area contributed by atoms with E-state index in [0.717, 1.165) is 22.7 Å². The Morgan fingerprint density at radius 1 is 1.30 bits per heavy atom. The number of aliphatic hydroxyl groups excluding tert-OH is 1. The Kier molecular flexibility index (Phi) is 6.74. The molecule has 2 rings (SSSR count). The number of aliphatic hydroxyl groups is 1. The van der Waals surface area contributed by atoms with Crippen LogP contribution >= 0.6 is 11.3 Å². The lowest BCUT2D eigenvalue weighted by Gasteiger charge is -2.08. The van der Waals surface area contributed by atoms with E-state index in [0.29, 0.717) is 19.4 Å². The maximum absolute atomic E-state index is 11.9. The van der Waals surface area contributed by atoms with E-state index >= 15 is 0 Å². The lowest BCUT2D eigenvalue weighted by atomic mass is 10.1. The summed E-state index contributed by atoms with van der Waals surface area (Å²) >= 11 is 1.56. The highest BCUT2D eigenvalue weighted by Crippen LogP contribution is 2.24. The van der Waals surface area contributed by atoms with Gasteiger partial charge >= 0.3 is 0 Å². The largest absolute Gasteiger partial charge is 0.393 e. The highest BCUT2D eigenvalue weighted by Gasteiger charge is 2.09. The summed E-state index contributed by atoms with van der Waals surface area (Å²) in [6.45, 7) is 4.56. The van der Waals surface area contributed by atoms with Gasteiger partial charge in [-0.05, 0) is 24.8 Å². The highest BCUT2D eigenvalue weighted by atomic mass is 32.1. The van der Waals surface area contributed by atoms with Gasteiger partial charge in [-0.2, -0.15) is 0 Å². The van der Waals surface area contributed by atoms with E-state index in [9.17, 15) is 9.90 Å². The second kappa shape index (κ2) is 8.79. The molecular formula is C18H24N2O2S. The zero-order valence-electron chi connectivity index (χ0n) is 13.7. The molecule has 0 radical (unpaired) electrons. The van der Waals surface area contributed by atoms with E-state index in [4.69, 9.17) is 0 Å². The average molecular weight is 332 g/mol. The van der Waals surface area contributed by atoms with Crippen molar-refractivity contribution in [2.24, 2.45) is 0 Å². The molecule has 1 unspecified atom stereocenters. The number of aromatic nitrogens is 1. The standard InChI is InChI=1S/C18H24N2O2S/c1-3-13-5-7-14(8-6-13)18-20-15(12-23-18)11-17(22)19-10-9-16(21)4-2/h5-8,12,16,21H,3-4,9-11H2,1-2H3,(H,19,22). The van der Waals surface area contributed by atoms with Gasteiger partial charge in [0.15, 0.2) is 0 Å². The number of hydrogen-bond donors (Lipinski definition) is 2. The van der Waals surface area contributed by atoms with Gasteiger partial charge in [-0.15, -0.1) is 11.3 Å². The van der Waals surface area contributed by atoms with Gasteiger partial charge < -0.3 is 10.4 Å². The fraction of sp³-hybridized carbons (Fsp3) is 0.444. The molecule has 0 spiro atoms. The summed E-state index contributed by atoms with van der Waals surface area (Å²) in [5, 5.41) is 15.2. The summed E-state index contributed by atoms with van der Waals surface area (Å²) < 4.78 is 0. The lowest BCUT2D eigenvalue weighted by molar-refractivity contribution is -0.120. The van der Waals surface area contributed by atoms with Gasteiger partial charge in [0, 0.05) is 17.5 Å². The first kappa shape index (κ1) is 17.6. The molecule has 0 aliphatic rings. The molecule has 1 amide bonds. The van der Waals surface area contributed by atoms with Crippen molar-refractivity contribution in [1.82, 2.24) is 10.3 Å². The molecule has 1 aromatic heterocycles. The molecule has 2 N–H and O–H groups in total. The normalized spacial score (nSPS) is 12.1. The molecule has 0 aliphatic heterocycles. The molecule has 5 heteroatoms. The van der Waals surface area contributed by atoms with Crippen LogP contribution in [0.3, 0.4) is 0 Å². The van der Waals surface area contributed by atoms with Gasteiger partial charge in [0.2, 0.25) is 5.91 Å². The summed E-state index contributed by atoms with van der Waals surface area (Å²) in [6, 6.07) is 8.38. The Morgan fingerprint density at radius 3 is 2.70 bits per heavy atom. The first-order valence-electron chi connectivity index (χ1n) is 8.10. The highest BCUT2D eigenvalue weighted by molar-refractivity contribution is 7.13. The summed E-state index contributed by atoms with van der Waals surface area (Å²) in [4.78, 5) is 16.4. The molecule has 0 bridgehead atoms. The Bertz CT molecular complexity index is 622. The number of thiazole rings is 1. The fourth-order valence-corrected chi connectivity index (χ4v) is 3.04. The number of nitrogens with one attached hydrogen (secondary N) is 1. The monoisotopic (exact) mass is 332 g/mol. The van der Waals surface area contributed by atoms with Gasteiger partial charge in [-0.25, -0.2) is 4.98 Å². The van der Waals surface area contributed by atoms with Gasteiger partial charge in [0.05, 0.1) is 18.2 Å². The first-order valence-corrected chi connectivity index (χ1v) is 8.98. The molecule has 0 fully saturated rings. The first-order chi connectivity index (χ1) is 11.1. The maximum Gasteiger partial charge on any atom is 0.226 e. The van der Waals surface area contributed by atoms with Crippen LogP contribution in [0.4, 0.5) is 0 Å². The SMILES string of the molecule is CCc1ccc(-c2nc(CC(=O)NCCC(O)CC)cs2)cc1. The summed E-state index contributed by atoms with van der Waals surface area (Å²) in [5.74, 6) is -0.0496. The van der Waals surface area contributed by atoms with Crippen LogP contribution < -0.4 is 5.32 Å². The van der Waals surface area contributed by atoms with Crippen molar-refractivity contribution in [2.45, 2.75) is 45.6 Å². The second-order valence-corrected chi connectivity index (χ2v) is 6.43. The minimum Gasteiger partial charge on any atom is -0.393 e. The van der Waals surface area contributed by atoms with Crippen molar-refractivity contribution in [1.29, 1.82) is 0 Å². The molecule has 0 saturated carbocycles. The molecule has 1 heterocycles. The van der Waals surface area contributed by atoms with Crippen molar-refractivity contribution < 1.29 is 9.90 Å². The predicted molar refractivity (Wildman–Crippen MR) is 94.6 cm³/mol. The molecule has 23 heavy (non-hydrogen) atoms. The minimum atomic E-state index is -0.340. The van der Waals surface area contributed by atoms with Crippen LogP contribution in [-0.2, 0) is 17.6 Å². The third kappa shape index (κ3) is 5.44. The molecule has 0 saturated heterocycles. The number of rotatable bonds is 8. The van der Waals surface area contributed by atoms with Crippen molar-refractivity contribution in [2.75, 3.05) is 6.54 Å². The maximum atomic E-state index is 11.9. The second-order valence-electron chi connectivity index (χ2n) is 5.57. The van der Waals surface area contributed by atoms with Crippen molar-refractivity contribution in [3.8, 4) is 10.6 Å². The van der Waals surface area contributed by atoms with Crippen LogP contribution in [0.5, 0.6) is 0 Å². The molecule has 1 atom stereocenters. The Hall–Kier alpha value is -1.72. The topological polar surface area (TPSA) is 62.2 Å². The minimum absolute atomic E-state index is 0.0496. The zero-order chi connectivity index (χ0) is 16.7. The number of aryl methyl sites for hydroxylation is 1. The van der Waals surface area contributed by atoms with E-state index in [-0.39, 0.29) is 18.4 Å². The molecular weight excluding hydrogens is 308 g/mol. The van der Waals surface area contributed by atoms with E-state index in [1.54, 1.807) is 11.3 Å². The molecule has 2 aromatic rings. The van der Waals surface area contributed by atoms with Gasteiger partial charge in [-0.3, -0.25) is 4.79 Å². The smallest absolute Gasteiger partial charge is 0.226 e. The molecule has 1 aromatic carbocycles. The van der Waals surface area contributed by atoms with Crippen molar-refractivity contribution in [3.05, 3.63) is 40.9 Å². The number of hydrogen-bond acceptors (Lipinski definition) is 4. The summed E-state index contributed by atoms with van der Waals surface area (Å²) in [7, 11) is 0. The van der Waals surface area contributed by atoms with Crippen molar-refractivity contribution in [3.63, 3.8) is 0 Å². The van der Waals surface area contributed by atoms with Crippen LogP contribution in [0.15, 0.2) is 29.6 Å². The van der Waals surface area contributed by atoms with Crippen LogP contribution in [-0.4, -0.2) is 28.6 Å². The van der Waals surface area contributed by atoms with E-state index in [2.05, 4.69) is 41.5 Å². The summed E-state index contributed by atoms with van der Waals surface area (Å²) in [5.41, 5.74) is 3.18. The number of nitrogens with zero attached hydrogens (tertiary/aromatic N) is 1. The third-order valence-electron chi connectivity index (χ3n) is 3.77. The van der Waals surface area contributed by atoms with Crippen LogP contribution in [0.1, 0.15) is 37.9 Å². The van der Waals surface area contributed by atoms with Gasteiger partial charge in [-0.1, -0.05) is 38.1 Å². The van der Waals surface area contributed by atoms with E-state index in [1.807, 2.05) is 12.3 Å². The van der Waals surface area contributed by atoms with E-state index < -0.39 is 0 Å². The number of amides is 1. The summed E-state index contributed by atoms with van der Waals surface area (Å²) in [6.07, 6.45) is 2.27. The number of carbonyl (C=O) groups is 1. The fourth-order valence-electron chi connectivity index (χ4n) is 2.21. The number of benzene rings is 1. The van der Waals surface area contributed by atoms with Gasteiger partial charge in [0.1, 0.15) is 5.01 Å². The lowest BCUT2D eigenvalue weighted by Crippen LogP contribution is -2.28. The average Bonchev–Trinajstić information content (AvgIpc) is 3.03. The van der Waals surface area contributed by atoms with E-state index in [1.165, 1.54) is 5.56 Å². The Balaban J connectivity index is 1.87. The molecule has 124 valence electrons. The quantitative estimate of drug-likeness (QED) is 0.780. The predicted octanol–water partition coefficient (Wildman–Crippen LogP) is 3.19. The Morgan fingerprint density at radius 2 is 2.04 bits per heavy atom. The number of carbonyl (C=O) groups excluding carboxylic acids is 1. The van der Waals surface area contributed by atoms with Gasteiger partial charge in [0.25, 0.3) is 0 Å². The third-order valence-corrected chi connectivity index (χ3v) is 4.71. The zero-order valence-corrected chi connectivity index (χ0v) is 14.5. The molecule has 0 aliphatic carbocycles. The Labute approximate surface area is 141 Å². The van der Waals surface area contributed by atoms with Crippen molar-refractivity contribution >= 4 is 17.2 Å².